The lowest BCUT2D eigenvalue weighted by molar-refractivity contribution is 0.332. The summed E-state index contributed by atoms with van der Waals surface area (Å²) in [4.78, 5) is 5.40. The number of rotatable bonds is 4. The molecule has 0 unspecified atom stereocenters. The lowest BCUT2D eigenvalue weighted by Crippen LogP contribution is -2.62. The van der Waals surface area contributed by atoms with Gasteiger partial charge in [0.05, 0.1) is 0 Å². The number of anilines is 6. The summed E-state index contributed by atoms with van der Waals surface area (Å²) in [6, 6.07) is 35.7. The summed E-state index contributed by atoms with van der Waals surface area (Å²) < 4.78 is 0. The molecular weight excluding hydrogens is 747 g/mol. The number of fused-ring (bicyclic) bond motifs is 6. The molecule has 0 radical (unpaired) electrons. The fourth-order valence-electron chi connectivity index (χ4n) is 13.5. The van der Waals surface area contributed by atoms with Gasteiger partial charge in [-0.25, -0.2) is 0 Å². The Bertz CT molecular complexity index is 2580. The largest absolute Gasteiger partial charge is 0.311 e. The number of nitrogens with zero attached hydrogens (tertiary/aromatic N) is 2. The van der Waals surface area contributed by atoms with E-state index in [1.165, 1.54) is 163 Å². The molecule has 2 aliphatic heterocycles. The van der Waals surface area contributed by atoms with Crippen molar-refractivity contribution in [2.75, 3.05) is 9.80 Å². The first-order valence-electron chi connectivity index (χ1n) is 24.9. The van der Waals surface area contributed by atoms with Gasteiger partial charge in [0.25, 0.3) is 6.71 Å². The Morgan fingerprint density at radius 2 is 0.887 bits per heavy atom. The van der Waals surface area contributed by atoms with Crippen LogP contribution in [-0.2, 0) is 21.7 Å². The third-order valence-electron chi connectivity index (χ3n) is 17.6. The van der Waals surface area contributed by atoms with E-state index in [-0.39, 0.29) is 28.4 Å². The van der Waals surface area contributed by atoms with Crippen LogP contribution in [0, 0.1) is 6.92 Å². The molecule has 5 aromatic carbocycles. The van der Waals surface area contributed by atoms with Gasteiger partial charge in [0.2, 0.25) is 0 Å². The van der Waals surface area contributed by atoms with Crippen molar-refractivity contribution in [3.05, 3.63) is 124 Å². The van der Waals surface area contributed by atoms with Gasteiger partial charge < -0.3 is 9.80 Å². The van der Waals surface area contributed by atoms with Crippen molar-refractivity contribution in [3.63, 3.8) is 0 Å². The molecule has 2 saturated carbocycles. The Balaban J connectivity index is 1.19. The Morgan fingerprint density at radius 3 is 1.48 bits per heavy atom. The summed E-state index contributed by atoms with van der Waals surface area (Å²) >= 11 is 0. The van der Waals surface area contributed by atoms with Gasteiger partial charge in [0.1, 0.15) is 0 Å². The third-order valence-corrected chi connectivity index (χ3v) is 17.6. The first-order chi connectivity index (χ1) is 29.6. The average Bonchev–Trinajstić information content (AvgIpc) is 3.27. The van der Waals surface area contributed by atoms with Gasteiger partial charge in [-0.15, -0.1) is 0 Å². The van der Waals surface area contributed by atoms with E-state index in [0.717, 1.165) is 0 Å². The highest BCUT2D eigenvalue weighted by Crippen LogP contribution is 2.53. The molecule has 0 aromatic heterocycles. The molecule has 0 amide bonds. The van der Waals surface area contributed by atoms with Gasteiger partial charge in [-0.1, -0.05) is 130 Å². The van der Waals surface area contributed by atoms with Gasteiger partial charge >= 0.3 is 0 Å². The number of aryl methyl sites for hydroxylation is 1. The zero-order valence-electron chi connectivity index (χ0n) is 39.6. The number of benzene rings is 5. The van der Waals surface area contributed by atoms with E-state index in [0.29, 0.717) is 11.8 Å². The topological polar surface area (TPSA) is 6.48 Å². The Hall–Kier alpha value is -4.24. The predicted octanol–water partition coefficient (Wildman–Crippen LogP) is 14.9. The molecule has 2 fully saturated rings. The summed E-state index contributed by atoms with van der Waals surface area (Å²) in [5.74, 6) is 1.33. The summed E-state index contributed by atoms with van der Waals surface area (Å²) in [5.41, 5.74) is 23.5. The van der Waals surface area contributed by atoms with Gasteiger partial charge in [-0.3, -0.25) is 0 Å². The Kier molecular flexibility index (Phi) is 9.41. The number of hydrogen-bond acceptors (Lipinski definition) is 2. The molecule has 4 aliphatic carbocycles. The standard InChI is InChI=1S/C59H71BN2/c1-38-32-53-55-54(33-38)62(44-25-26-45-46(35-44)57(4,5)29-28-56(45,2)3)52-37-48-47(58(6,7)30-31-59(48,8)9)36-50(52)60(55)49-34-42(40-18-14-11-15-19-40)22-27-51(49)61(53)43-23-20-41(21-24-43)39-16-12-10-13-17-39/h20-27,32-37,39-40H,10-19,28-31H2,1-9H3. The molecule has 0 bridgehead atoms. The molecular formula is C59H71BN2. The van der Waals surface area contributed by atoms with Crippen molar-refractivity contribution in [1.29, 1.82) is 0 Å². The molecule has 62 heavy (non-hydrogen) atoms. The van der Waals surface area contributed by atoms with Crippen LogP contribution in [0.15, 0.2) is 84.9 Å². The maximum atomic E-state index is 2.73. The monoisotopic (exact) mass is 819 g/mol. The van der Waals surface area contributed by atoms with E-state index in [1.807, 2.05) is 0 Å². The van der Waals surface area contributed by atoms with E-state index in [2.05, 4.69) is 157 Å². The fourth-order valence-corrected chi connectivity index (χ4v) is 13.5. The van der Waals surface area contributed by atoms with Crippen LogP contribution in [-0.4, -0.2) is 6.71 Å². The van der Waals surface area contributed by atoms with Gasteiger partial charge in [0, 0.05) is 34.1 Å². The van der Waals surface area contributed by atoms with Crippen molar-refractivity contribution in [1.82, 2.24) is 0 Å². The zero-order valence-corrected chi connectivity index (χ0v) is 39.6. The molecule has 0 saturated heterocycles. The second-order valence-corrected chi connectivity index (χ2v) is 23.6. The molecule has 320 valence electrons. The second kappa shape index (κ2) is 14.4. The van der Waals surface area contributed by atoms with Crippen molar-refractivity contribution < 1.29 is 0 Å². The molecule has 0 atom stereocenters. The summed E-state index contributed by atoms with van der Waals surface area (Å²) in [7, 11) is 0. The number of hydrogen-bond donors (Lipinski definition) is 0. The lowest BCUT2D eigenvalue weighted by atomic mass is 9.33. The summed E-state index contributed by atoms with van der Waals surface area (Å²) in [6.07, 6.45) is 18.3. The lowest BCUT2D eigenvalue weighted by Gasteiger charge is -2.48. The molecule has 3 heteroatoms. The van der Waals surface area contributed by atoms with Crippen LogP contribution in [0.4, 0.5) is 34.1 Å². The van der Waals surface area contributed by atoms with Crippen LogP contribution in [0.1, 0.15) is 196 Å². The first-order valence-corrected chi connectivity index (χ1v) is 24.9. The minimum absolute atomic E-state index is 0.102. The van der Waals surface area contributed by atoms with Gasteiger partial charge in [0.15, 0.2) is 0 Å². The van der Waals surface area contributed by atoms with Crippen LogP contribution >= 0.6 is 0 Å². The van der Waals surface area contributed by atoms with Gasteiger partial charge in [-0.2, -0.15) is 0 Å². The van der Waals surface area contributed by atoms with Crippen LogP contribution < -0.4 is 26.2 Å². The quantitative estimate of drug-likeness (QED) is 0.163. The SMILES string of the molecule is Cc1cc2c3c(c1)N(c1ccc4c(c1)C(C)(C)CCC4(C)C)c1cc4c(cc1B3c1cc(C3CCCCC3)ccc1N2c1ccc(C2CCCCC2)cc1)C(C)(C)CCC4(C)C. The molecule has 0 spiro atoms. The van der Waals surface area contributed by atoms with Crippen LogP contribution in [0.2, 0.25) is 0 Å². The highest BCUT2D eigenvalue weighted by atomic mass is 15.2. The van der Waals surface area contributed by atoms with Crippen molar-refractivity contribution in [2.45, 2.75) is 186 Å². The molecule has 5 aromatic rings. The molecule has 6 aliphatic rings. The normalized spacial score (nSPS) is 22.0. The molecule has 2 nitrogen and oxygen atoms in total. The van der Waals surface area contributed by atoms with E-state index in [1.54, 1.807) is 16.7 Å². The van der Waals surface area contributed by atoms with Crippen molar-refractivity contribution >= 4 is 57.2 Å². The van der Waals surface area contributed by atoms with Crippen LogP contribution in [0.3, 0.4) is 0 Å². The summed E-state index contributed by atoms with van der Waals surface area (Å²) in [6.45, 7) is 22.4. The van der Waals surface area contributed by atoms with Crippen LogP contribution in [0.25, 0.3) is 0 Å². The van der Waals surface area contributed by atoms with Crippen molar-refractivity contribution in [2.24, 2.45) is 0 Å². The molecule has 11 rings (SSSR count). The predicted molar refractivity (Wildman–Crippen MR) is 267 cm³/mol. The molecule has 2 heterocycles. The first kappa shape index (κ1) is 40.5. The Labute approximate surface area is 375 Å². The van der Waals surface area contributed by atoms with E-state index in [4.69, 9.17) is 0 Å². The average molecular weight is 819 g/mol. The molecule has 0 N–H and O–H groups in total. The van der Waals surface area contributed by atoms with E-state index < -0.39 is 0 Å². The zero-order chi connectivity index (χ0) is 42.9. The highest BCUT2D eigenvalue weighted by Gasteiger charge is 2.47. The minimum Gasteiger partial charge on any atom is -0.311 e. The van der Waals surface area contributed by atoms with Crippen molar-refractivity contribution in [3.8, 4) is 0 Å². The Morgan fingerprint density at radius 1 is 0.419 bits per heavy atom. The van der Waals surface area contributed by atoms with E-state index >= 15 is 0 Å². The fraction of sp³-hybridized carbons (Fsp3) is 0.492. The second-order valence-electron chi connectivity index (χ2n) is 23.6. The smallest absolute Gasteiger partial charge is 0.252 e. The van der Waals surface area contributed by atoms with E-state index in [9.17, 15) is 0 Å². The third kappa shape index (κ3) is 6.39. The highest BCUT2D eigenvalue weighted by molar-refractivity contribution is 7.00. The maximum Gasteiger partial charge on any atom is 0.252 e. The van der Waals surface area contributed by atoms with Gasteiger partial charge in [-0.05, 0) is 196 Å². The summed E-state index contributed by atoms with van der Waals surface area (Å²) in [5, 5.41) is 0. The van der Waals surface area contributed by atoms with Crippen LogP contribution in [0.5, 0.6) is 0 Å². The maximum absolute atomic E-state index is 2.73. The minimum atomic E-state index is 0.102.